The third-order valence-electron chi connectivity index (χ3n) is 6.39. The summed E-state index contributed by atoms with van der Waals surface area (Å²) in [5, 5.41) is 0. The van der Waals surface area contributed by atoms with Crippen LogP contribution in [0, 0.1) is 20.8 Å². The summed E-state index contributed by atoms with van der Waals surface area (Å²) in [5.74, 6) is 1.78. The van der Waals surface area contributed by atoms with E-state index in [1.165, 1.54) is 35.1 Å². The SMILES string of the molecule is CC[N+](C)(CC1=CC[C@H]2C[C@@H]1C2(C)C)Cc1ccc(I)cc1.[I-]. The minimum absolute atomic E-state index is 0. The molecule has 1 aromatic carbocycles. The summed E-state index contributed by atoms with van der Waals surface area (Å²) in [6.07, 6.45) is 5.32. The van der Waals surface area contributed by atoms with E-state index in [1.807, 2.05) is 0 Å². The summed E-state index contributed by atoms with van der Waals surface area (Å²) >= 11 is 2.38. The van der Waals surface area contributed by atoms with Crippen molar-refractivity contribution in [2.75, 3.05) is 20.1 Å². The van der Waals surface area contributed by atoms with Gasteiger partial charge in [0.1, 0.15) is 13.1 Å². The molecule has 0 N–H and O–H groups in total. The van der Waals surface area contributed by atoms with Crippen molar-refractivity contribution in [3.8, 4) is 0 Å². The lowest BCUT2D eigenvalue weighted by Crippen LogP contribution is -3.00. The summed E-state index contributed by atoms with van der Waals surface area (Å²) in [7, 11) is 2.43. The van der Waals surface area contributed by atoms with Crippen molar-refractivity contribution in [2.45, 2.75) is 40.2 Å². The summed E-state index contributed by atoms with van der Waals surface area (Å²) < 4.78 is 2.45. The highest BCUT2D eigenvalue weighted by Gasteiger charge is 2.52. The van der Waals surface area contributed by atoms with Gasteiger partial charge in [0, 0.05) is 9.13 Å². The largest absolute Gasteiger partial charge is 1.00 e. The second-order valence-electron chi connectivity index (χ2n) is 8.20. The summed E-state index contributed by atoms with van der Waals surface area (Å²) in [6, 6.07) is 9.06. The van der Waals surface area contributed by atoms with Crippen molar-refractivity contribution >= 4 is 22.6 Å². The van der Waals surface area contributed by atoms with Crippen molar-refractivity contribution in [1.29, 1.82) is 0 Å². The van der Waals surface area contributed by atoms with E-state index in [4.69, 9.17) is 0 Å². The molecule has 0 aliphatic heterocycles. The van der Waals surface area contributed by atoms with Crippen molar-refractivity contribution < 1.29 is 28.5 Å². The average Bonchev–Trinajstić information content (AvgIpc) is 2.49. The molecule has 2 bridgehead atoms. The molecule has 1 aromatic rings. The fourth-order valence-corrected chi connectivity index (χ4v) is 4.77. The van der Waals surface area contributed by atoms with Crippen LogP contribution in [-0.4, -0.2) is 24.6 Å². The van der Waals surface area contributed by atoms with E-state index in [0.29, 0.717) is 5.41 Å². The van der Waals surface area contributed by atoms with Gasteiger partial charge in [0.2, 0.25) is 0 Å². The van der Waals surface area contributed by atoms with Crippen LogP contribution in [0.5, 0.6) is 0 Å². The second kappa shape index (κ2) is 7.32. The number of halogens is 2. The summed E-state index contributed by atoms with van der Waals surface area (Å²) in [6.45, 7) is 10.9. The molecule has 3 heteroatoms. The van der Waals surface area contributed by atoms with Gasteiger partial charge in [0.05, 0.1) is 13.6 Å². The van der Waals surface area contributed by atoms with Gasteiger partial charge in [-0.1, -0.05) is 32.1 Å². The molecule has 0 spiro atoms. The number of nitrogens with zero attached hydrogens (tertiary/aromatic N) is 1. The van der Waals surface area contributed by atoms with Gasteiger partial charge >= 0.3 is 0 Å². The van der Waals surface area contributed by atoms with E-state index in [-0.39, 0.29) is 24.0 Å². The molecule has 1 unspecified atom stereocenters. The predicted molar refractivity (Wildman–Crippen MR) is 103 cm³/mol. The number of quaternary nitrogens is 1. The van der Waals surface area contributed by atoms with E-state index in [2.05, 4.69) is 80.8 Å². The molecule has 4 rings (SSSR count). The Morgan fingerprint density at radius 1 is 1.17 bits per heavy atom. The number of hydrogen-bond donors (Lipinski definition) is 0. The van der Waals surface area contributed by atoms with Gasteiger partial charge in [-0.05, 0) is 77.3 Å². The zero-order valence-corrected chi connectivity index (χ0v) is 19.1. The molecular formula is C20H29I2N. The fourth-order valence-electron chi connectivity index (χ4n) is 4.41. The first-order valence-electron chi connectivity index (χ1n) is 8.61. The molecule has 0 saturated heterocycles. The van der Waals surface area contributed by atoms with E-state index in [1.54, 1.807) is 5.57 Å². The quantitative estimate of drug-likeness (QED) is 0.308. The maximum atomic E-state index is 2.57. The van der Waals surface area contributed by atoms with Crippen LogP contribution < -0.4 is 24.0 Å². The van der Waals surface area contributed by atoms with Crippen LogP contribution in [0.1, 0.15) is 39.2 Å². The monoisotopic (exact) mass is 537 g/mol. The topological polar surface area (TPSA) is 0 Å². The average molecular weight is 537 g/mol. The van der Waals surface area contributed by atoms with Gasteiger partial charge in [-0.15, -0.1) is 0 Å². The standard InChI is InChI=1S/C20H29IN.HI/c1-5-22(4,13-15-6-10-18(21)11-7-15)14-16-8-9-17-12-19(16)20(17,2)3;/h6-8,10-11,17,19H,5,9,12-14H2,1-4H3;1H/q+1;/p-1/t17-,19-,22?;/m0./s1. The molecule has 0 aromatic heterocycles. The van der Waals surface area contributed by atoms with Crippen molar-refractivity contribution in [3.63, 3.8) is 0 Å². The van der Waals surface area contributed by atoms with Crippen LogP contribution in [0.3, 0.4) is 0 Å². The van der Waals surface area contributed by atoms with Crippen LogP contribution in [0.2, 0.25) is 0 Å². The Hall–Kier alpha value is 0.380. The Morgan fingerprint density at radius 3 is 2.35 bits per heavy atom. The zero-order chi connectivity index (χ0) is 16.0. The third kappa shape index (κ3) is 3.97. The second-order valence-corrected chi connectivity index (χ2v) is 9.45. The number of likely N-dealkylation sites (N-methyl/N-ethyl adjacent to an activating group) is 1. The first-order valence-corrected chi connectivity index (χ1v) is 9.69. The first-order chi connectivity index (χ1) is 10.3. The lowest BCUT2D eigenvalue weighted by molar-refractivity contribution is -0.916. The van der Waals surface area contributed by atoms with Crippen LogP contribution in [-0.2, 0) is 6.54 Å². The molecule has 3 aliphatic rings. The molecular weight excluding hydrogens is 508 g/mol. The molecule has 128 valence electrons. The predicted octanol–water partition coefficient (Wildman–Crippen LogP) is 2.25. The van der Waals surface area contributed by atoms with Crippen molar-refractivity contribution in [1.82, 2.24) is 0 Å². The van der Waals surface area contributed by atoms with Gasteiger partial charge < -0.3 is 28.5 Å². The molecule has 0 heterocycles. The number of benzene rings is 1. The van der Waals surface area contributed by atoms with Crippen molar-refractivity contribution in [3.05, 3.63) is 45.0 Å². The van der Waals surface area contributed by atoms with Crippen LogP contribution in [0.15, 0.2) is 35.9 Å². The van der Waals surface area contributed by atoms with E-state index in [9.17, 15) is 0 Å². The molecule has 1 fully saturated rings. The lowest BCUT2D eigenvalue weighted by atomic mass is 9.49. The van der Waals surface area contributed by atoms with Crippen LogP contribution in [0.4, 0.5) is 0 Å². The maximum absolute atomic E-state index is 2.57. The number of allylic oxidation sites excluding steroid dienone is 1. The maximum Gasteiger partial charge on any atom is 0.104 e. The fraction of sp³-hybridized carbons (Fsp3) is 0.600. The Bertz CT molecular complexity index is 576. The van der Waals surface area contributed by atoms with Gasteiger partial charge in [-0.25, -0.2) is 0 Å². The van der Waals surface area contributed by atoms with Gasteiger partial charge in [0.25, 0.3) is 0 Å². The Morgan fingerprint density at radius 2 is 1.83 bits per heavy atom. The number of rotatable bonds is 5. The van der Waals surface area contributed by atoms with Crippen molar-refractivity contribution in [2.24, 2.45) is 17.3 Å². The first kappa shape index (κ1) is 19.7. The Kier molecular flexibility index (Phi) is 6.27. The molecule has 3 atom stereocenters. The summed E-state index contributed by atoms with van der Waals surface area (Å²) in [5.41, 5.74) is 3.75. The Labute approximate surface area is 172 Å². The minimum Gasteiger partial charge on any atom is -1.00 e. The molecule has 3 aliphatic carbocycles. The van der Waals surface area contributed by atoms with Gasteiger partial charge in [-0.3, -0.25) is 0 Å². The zero-order valence-electron chi connectivity index (χ0n) is 14.8. The van der Waals surface area contributed by atoms with Gasteiger partial charge in [0.15, 0.2) is 0 Å². The molecule has 1 nitrogen and oxygen atoms in total. The van der Waals surface area contributed by atoms with E-state index < -0.39 is 0 Å². The smallest absolute Gasteiger partial charge is 0.104 e. The normalized spacial score (nSPS) is 27.3. The van der Waals surface area contributed by atoms with E-state index in [0.717, 1.165) is 22.9 Å². The highest BCUT2D eigenvalue weighted by molar-refractivity contribution is 14.1. The highest BCUT2D eigenvalue weighted by atomic mass is 127. The van der Waals surface area contributed by atoms with Gasteiger partial charge in [-0.2, -0.15) is 0 Å². The summed E-state index contributed by atoms with van der Waals surface area (Å²) in [4.78, 5) is 0. The van der Waals surface area contributed by atoms with Crippen LogP contribution >= 0.6 is 22.6 Å². The lowest BCUT2D eigenvalue weighted by Gasteiger charge is -2.57. The molecule has 0 amide bonds. The molecule has 0 radical (unpaired) electrons. The Balaban J connectivity index is 0.00000192. The minimum atomic E-state index is 0. The number of hydrogen-bond acceptors (Lipinski definition) is 0. The number of fused-ring (bicyclic) bond motifs is 1. The van der Waals surface area contributed by atoms with E-state index >= 15 is 0 Å². The molecule has 1 saturated carbocycles. The highest BCUT2D eigenvalue weighted by Crippen LogP contribution is 2.59. The molecule has 23 heavy (non-hydrogen) atoms. The third-order valence-corrected chi connectivity index (χ3v) is 7.11. The van der Waals surface area contributed by atoms with Crippen LogP contribution in [0.25, 0.3) is 0 Å².